The zero-order valence-corrected chi connectivity index (χ0v) is 9.55. The van der Waals surface area contributed by atoms with Gasteiger partial charge < -0.3 is 10.4 Å². The highest BCUT2D eigenvalue weighted by molar-refractivity contribution is 6.05. The number of aliphatic hydroxyl groups excluding tert-OH is 1. The quantitative estimate of drug-likeness (QED) is 0.836. The average Bonchev–Trinajstić information content (AvgIpc) is 2.35. The number of aromatic nitrogens is 1. The molecule has 2 aromatic rings. The molecule has 4 heteroatoms. The minimum absolute atomic E-state index is 0.190. The van der Waals surface area contributed by atoms with Gasteiger partial charge in [0, 0.05) is 18.1 Å². The molecule has 0 radical (unpaired) electrons. The van der Waals surface area contributed by atoms with Gasteiger partial charge in [0.05, 0.1) is 17.2 Å². The molecule has 1 unspecified atom stereocenters. The second-order valence-electron chi connectivity index (χ2n) is 3.93. The number of pyridine rings is 1. The smallest absolute Gasteiger partial charge is 0.252 e. The average molecular weight is 230 g/mol. The fourth-order valence-electron chi connectivity index (χ4n) is 1.63. The molecule has 1 aromatic carbocycles. The lowest BCUT2D eigenvalue weighted by atomic mass is 10.1. The standard InChI is InChI=1S/C13H14N2O2/c1-9(16)8-15-13(17)11-6-7-14-12-5-3-2-4-10(11)12/h2-7,9,16H,8H2,1H3,(H,15,17). The summed E-state index contributed by atoms with van der Waals surface area (Å²) in [5.41, 5.74) is 1.37. The van der Waals surface area contributed by atoms with Gasteiger partial charge in [0.15, 0.2) is 0 Å². The molecule has 0 saturated heterocycles. The predicted octanol–water partition coefficient (Wildman–Crippen LogP) is 1.35. The highest BCUT2D eigenvalue weighted by Crippen LogP contribution is 2.15. The number of nitrogens with zero attached hydrogens (tertiary/aromatic N) is 1. The van der Waals surface area contributed by atoms with Gasteiger partial charge in [-0.2, -0.15) is 0 Å². The Hall–Kier alpha value is -1.94. The fraction of sp³-hybridized carbons (Fsp3) is 0.231. The topological polar surface area (TPSA) is 62.2 Å². The summed E-state index contributed by atoms with van der Waals surface area (Å²) in [5, 5.41) is 12.6. The summed E-state index contributed by atoms with van der Waals surface area (Å²) in [6.07, 6.45) is 1.06. The molecule has 4 nitrogen and oxygen atoms in total. The van der Waals surface area contributed by atoms with Gasteiger partial charge in [0.2, 0.25) is 0 Å². The summed E-state index contributed by atoms with van der Waals surface area (Å²) >= 11 is 0. The Labute approximate surface area is 99.3 Å². The van der Waals surface area contributed by atoms with Crippen molar-refractivity contribution in [2.45, 2.75) is 13.0 Å². The number of amides is 1. The van der Waals surface area contributed by atoms with Crippen molar-refractivity contribution in [1.29, 1.82) is 0 Å². The van der Waals surface area contributed by atoms with E-state index in [0.29, 0.717) is 5.56 Å². The lowest BCUT2D eigenvalue weighted by Gasteiger charge is -2.08. The zero-order valence-electron chi connectivity index (χ0n) is 9.55. The van der Waals surface area contributed by atoms with Crippen molar-refractivity contribution in [3.8, 4) is 0 Å². The maximum Gasteiger partial charge on any atom is 0.252 e. The molecule has 0 aliphatic heterocycles. The van der Waals surface area contributed by atoms with E-state index in [2.05, 4.69) is 10.3 Å². The van der Waals surface area contributed by atoms with Crippen LogP contribution >= 0.6 is 0 Å². The van der Waals surface area contributed by atoms with Crippen LogP contribution in [0.2, 0.25) is 0 Å². The molecule has 1 aromatic heterocycles. The Bertz CT molecular complexity index is 532. The Morgan fingerprint density at radius 2 is 2.18 bits per heavy atom. The molecular formula is C13H14N2O2. The number of hydrogen-bond acceptors (Lipinski definition) is 3. The molecule has 1 amide bonds. The fourth-order valence-corrected chi connectivity index (χ4v) is 1.63. The number of aliphatic hydroxyl groups is 1. The lowest BCUT2D eigenvalue weighted by Crippen LogP contribution is -2.30. The van der Waals surface area contributed by atoms with Crippen molar-refractivity contribution in [2.75, 3.05) is 6.54 Å². The molecule has 0 aliphatic rings. The van der Waals surface area contributed by atoms with Crippen LogP contribution in [0.3, 0.4) is 0 Å². The Morgan fingerprint density at radius 1 is 1.41 bits per heavy atom. The molecule has 0 bridgehead atoms. The van der Waals surface area contributed by atoms with Crippen molar-refractivity contribution in [1.82, 2.24) is 10.3 Å². The van der Waals surface area contributed by atoms with E-state index < -0.39 is 6.10 Å². The number of benzene rings is 1. The van der Waals surface area contributed by atoms with Crippen LogP contribution in [0.4, 0.5) is 0 Å². The van der Waals surface area contributed by atoms with E-state index in [4.69, 9.17) is 5.11 Å². The summed E-state index contributed by atoms with van der Waals surface area (Å²) in [6, 6.07) is 9.16. The zero-order chi connectivity index (χ0) is 12.3. The van der Waals surface area contributed by atoms with Crippen LogP contribution < -0.4 is 5.32 Å². The predicted molar refractivity (Wildman–Crippen MR) is 65.8 cm³/mol. The molecule has 17 heavy (non-hydrogen) atoms. The minimum atomic E-state index is -0.549. The van der Waals surface area contributed by atoms with Gasteiger partial charge in [0.25, 0.3) is 5.91 Å². The molecule has 2 rings (SSSR count). The first kappa shape index (κ1) is 11.5. The first-order chi connectivity index (χ1) is 8.18. The molecule has 0 saturated carbocycles. The van der Waals surface area contributed by atoms with Gasteiger partial charge in [-0.25, -0.2) is 0 Å². The van der Waals surface area contributed by atoms with Crippen molar-refractivity contribution in [3.63, 3.8) is 0 Å². The molecular weight excluding hydrogens is 216 g/mol. The third-order valence-corrected chi connectivity index (χ3v) is 2.45. The Kier molecular flexibility index (Phi) is 3.35. The van der Waals surface area contributed by atoms with Crippen molar-refractivity contribution < 1.29 is 9.90 Å². The van der Waals surface area contributed by atoms with Gasteiger partial charge in [0.1, 0.15) is 0 Å². The second-order valence-corrected chi connectivity index (χ2v) is 3.93. The number of para-hydroxylation sites is 1. The van der Waals surface area contributed by atoms with E-state index >= 15 is 0 Å². The number of carbonyl (C=O) groups is 1. The van der Waals surface area contributed by atoms with Crippen LogP contribution in [0.15, 0.2) is 36.5 Å². The number of rotatable bonds is 3. The van der Waals surface area contributed by atoms with E-state index in [1.165, 1.54) is 0 Å². The molecule has 88 valence electrons. The summed E-state index contributed by atoms with van der Waals surface area (Å²) in [6.45, 7) is 1.88. The first-order valence-corrected chi connectivity index (χ1v) is 5.48. The van der Waals surface area contributed by atoms with Gasteiger partial charge in [-0.05, 0) is 19.1 Å². The second kappa shape index (κ2) is 4.93. The molecule has 0 fully saturated rings. The van der Waals surface area contributed by atoms with Crippen LogP contribution in [0.25, 0.3) is 10.9 Å². The van der Waals surface area contributed by atoms with Gasteiger partial charge >= 0.3 is 0 Å². The van der Waals surface area contributed by atoms with E-state index in [0.717, 1.165) is 10.9 Å². The van der Waals surface area contributed by atoms with Crippen LogP contribution in [-0.2, 0) is 0 Å². The monoisotopic (exact) mass is 230 g/mol. The normalized spacial score (nSPS) is 12.4. The minimum Gasteiger partial charge on any atom is -0.392 e. The van der Waals surface area contributed by atoms with E-state index in [1.54, 1.807) is 19.2 Å². The summed E-state index contributed by atoms with van der Waals surface area (Å²) in [5.74, 6) is -0.190. The van der Waals surface area contributed by atoms with Gasteiger partial charge in [-0.15, -0.1) is 0 Å². The third kappa shape index (κ3) is 2.60. The van der Waals surface area contributed by atoms with Crippen molar-refractivity contribution in [2.24, 2.45) is 0 Å². The number of carbonyl (C=O) groups excluding carboxylic acids is 1. The number of hydrogen-bond donors (Lipinski definition) is 2. The molecule has 0 aliphatic carbocycles. The SMILES string of the molecule is CC(O)CNC(=O)c1ccnc2ccccc12. The Balaban J connectivity index is 2.32. The largest absolute Gasteiger partial charge is 0.392 e. The molecule has 0 spiro atoms. The highest BCUT2D eigenvalue weighted by Gasteiger charge is 2.10. The molecule has 2 N–H and O–H groups in total. The molecule has 1 heterocycles. The maximum atomic E-state index is 11.9. The third-order valence-electron chi connectivity index (χ3n) is 2.45. The van der Waals surface area contributed by atoms with Gasteiger partial charge in [-0.3, -0.25) is 9.78 Å². The maximum absolute atomic E-state index is 11.9. The van der Waals surface area contributed by atoms with Gasteiger partial charge in [-0.1, -0.05) is 18.2 Å². The van der Waals surface area contributed by atoms with Crippen LogP contribution in [-0.4, -0.2) is 28.6 Å². The number of nitrogens with one attached hydrogen (secondary N) is 1. The summed E-state index contributed by atoms with van der Waals surface area (Å²) < 4.78 is 0. The first-order valence-electron chi connectivity index (χ1n) is 5.48. The number of fused-ring (bicyclic) bond motifs is 1. The summed E-state index contributed by atoms with van der Waals surface area (Å²) in [4.78, 5) is 16.1. The van der Waals surface area contributed by atoms with E-state index in [1.807, 2.05) is 24.3 Å². The molecule has 1 atom stereocenters. The van der Waals surface area contributed by atoms with Crippen LogP contribution in [0.1, 0.15) is 17.3 Å². The van der Waals surface area contributed by atoms with E-state index in [9.17, 15) is 4.79 Å². The Morgan fingerprint density at radius 3 is 2.94 bits per heavy atom. The lowest BCUT2D eigenvalue weighted by molar-refractivity contribution is 0.0925. The van der Waals surface area contributed by atoms with Crippen LogP contribution in [0, 0.1) is 0 Å². The highest BCUT2D eigenvalue weighted by atomic mass is 16.3. The van der Waals surface area contributed by atoms with Crippen LogP contribution in [0.5, 0.6) is 0 Å². The summed E-state index contributed by atoms with van der Waals surface area (Å²) in [7, 11) is 0. The van der Waals surface area contributed by atoms with Crippen molar-refractivity contribution in [3.05, 3.63) is 42.1 Å². The van der Waals surface area contributed by atoms with Crippen molar-refractivity contribution >= 4 is 16.8 Å². The van der Waals surface area contributed by atoms with E-state index in [-0.39, 0.29) is 12.5 Å².